The first-order valence-corrected chi connectivity index (χ1v) is 12.2. The van der Waals surface area contributed by atoms with Crippen molar-refractivity contribution in [1.82, 2.24) is 14.6 Å². The van der Waals surface area contributed by atoms with Crippen LogP contribution in [-0.4, -0.2) is 43.7 Å². The first-order valence-electron chi connectivity index (χ1n) is 10.2. The highest BCUT2D eigenvalue weighted by Gasteiger charge is 2.24. The van der Waals surface area contributed by atoms with Gasteiger partial charge in [0.15, 0.2) is 0 Å². The van der Waals surface area contributed by atoms with Gasteiger partial charge in [-0.15, -0.1) is 0 Å². The van der Waals surface area contributed by atoms with Crippen molar-refractivity contribution in [3.63, 3.8) is 0 Å². The minimum Gasteiger partial charge on any atom is -0.328 e. The van der Waals surface area contributed by atoms with E-state index in [9.17, 15) is 22.4 Å². The van der Waals surface area contributed by atoms with Gasteiger partial charge in [-0.25, -0.2) is 22.3 Å². The lowest BCUT2D eigenvalue weighted by Crippen LogP contribution is -2.39. The Morgan fingerprint density at radius 2 is 1.91 bits per heavy atom. The highest BCUT2D eigenvalue weighted by atomic mass is 35.5. The zero-order valence-corrected chi connectivity index (χ0v) is 19.6. The molecule has 0 radical (unpaired) electrons. The number of H-pyrrole nitrogens is 1. The van der Waals surface area contributed by atoms with Gasteiger partial charge in [-0.05, 0) is 55.6 Å². The number of aromatic nitrogens is 1. The summed E-state index contributed by atoms with van der Waals surface area (Å²) in [4.78, 5) is 29.6. The molecule has 0 spiro atoms. The van der Waals surface area contributed by atoms with Crippen molar-refractivity contribution in [3.8, 4) is 0 Å². The van der Waals surface area contributed by atoms with E-state index in [1.165, 1.54) is 24.1 Å². The number of sulfonamides is 1. The number of benzene rings is 2. The van der Waals surface area contributed by atoms with E-state index in [0.717, 1.165) is 6.07 Å². The number of urea groups is 1. The first-order chi connectivity index (χ1) is 15.6. The van der Waals surface area contributed by atoms with E-state index >= 15 is 0 Å². The van der Waals surface area contributed by atoms with Gasteiger partial charge in [0.25, 0.3) is 5.56 Å². The Kier molecular flexibility index (Phi) is 7.72. The van der Waals surface area contributed by atoms with Crippen molar-refractivity contribution in [1.29, 1.82) is 0 Å². The van der Waals surface area contributed by atoms with Gasteiger partial charge in [0.1, 0.15) is 5.82 Å². The second-order valence-electron chi connectivity index (χ2n) is 7.42. The van der Waals surface area contributed by atoms with Crippen molar-refractivity contribution in [3.05, 3.63) is 75.4 Å². The molecule has 0 aliphatic carbocycles. The number of carbonyl (C=O) groups is 1. The number of amides is 2. The standard InChI is InChI=1S/C22H24ClFN4O4S/c1-14(18-13-26-21(29)17-7-4-3-6-16(17)18)28(10-5-11-33(31,32)25-2)22(30)27-15-8-9-20(24)19(23)12-15/h3-4,6-9,12-14,25H,5,10-11H2,1-2H3,(H,26,29)(H,27,30)/t14-/m1/s1. The summed E-state index contributed by atoms with van der Waals surface area (Å²) in [5.74, 6) is -0.786. The molecule has 1 aromatic heterocycles. The molecular formula is C22H24ClFN4O4S. The summed E-state index contributed by atoms with van der Waals surface area (Å²) in [7, 11) is -2.13. The third-order valence-electron chi connectivity index (χ3n) is 5.31. The van der Waals surface area contributed by atoms with Gasteiger partial charge in [-0.1, -0.05) is 29.8 Å². The molecule has 1 heterocycles. The van der Waals surface area contributed by atoms with E-state index in [4.69, 9.17) is 11.6 Å². The summed E-state index contributed by atoms with van der Waals surface area (Å²) in [5, 5.41) is 3.70. The number of carbonyl (C=O) groups excluding carboxylic acids is 1. The van der Waals surface area contributed by atoms with Crippen LogP contribution in [0.15, 0.2) is 53.5 Å². The SMILES string of the molecule is CNS(=O)(=O)CCCN(C(=O)Nc1ccc(F)c(Cl)c1)[C@H](C)c1c[nH]c(=O)c2ccccc12. The van der Waals surface area contributed by atoms with Crippen molar-refractivity contribution in [2.45, 2.75) is 19.4 Å². The molecule has 2 aromatic carbocycles. The van der Waals surface area contributed by atoms with Crippen LogP contribution in [0.25, 0.3) is 10.8 Å². The Labute approximate surface area is 195 Å². The minimum atomic E-state index is -3.46. The third kappa shape index (κ3) is 5.89. The molecule has 33 heavy (non-hydrogen) atoms. The van der Waals surface area contributed by atoms with Gasteiger partial charge in [0.05, 0.1) is 16.8 Å². The van der Waals surface area contributed by atoms with Crippen LogP contribution in [0.1, 0.15) is 24.9 Å². The van der Waals surface area contributed by atoms with Gasteiger partial charge in [0.2, 0.25) is 10.0 Å². The quantitative estimate of drug-likeness (QED) is 0.441. The molecule has 0 aliphatic rings. The monoisotopic (exact) mass is 494 g/mol. The summed E-state index contributed by atoms with van der Waals surface area (Å²) >= 11 is 5.82. The smallest absolute Gasteiger partial charge is 0.322 e. The number of nitrogens with one attached hydrogen (secondary N) is 3. The molecule has 3 aromatic rings. The molecule has 11 heteroatoms. The molecule has 0 saturated carbocycles. The first kappa shape index (κ1) is 24.7. The molecule has 1 atom stereocenters. The number of fused-ring (bicyclic) bond motifs is 1. The van der Waals surface area contributed by atoms with E-state index < -0.39 is 27.9 Å². The maximum atomic E-state index is 13.5. The lowest BCUT2D eigenvalue weighted by Gasteiger charge is -2.30. The molecule has 0 aliphatic heterocycles. The van der Waals surface area contributed by atoms with Crippen LogP contribution in [0.4, 0.5) is 14.9 Å². The van der Waals surface area contributed by atoms with Gasteiger partial charge in [-0.2, -0.15) is 0 Å². The molecule has 8 nitrogen and oxygen atoms in total. The Morgan fingerprint density at radius 3 is 2.58 bits per heavy atom. The number of nitrogens with zero attached hydrogens (tertiary/aromatic N) is 1. The molecule has 2 amide bonds. The normalized spacial score (nSPS) is 12.5. The highest BCUT2D eigenvalue weighted by Crippen LogP contribution is 2.27. The summed E-state index contributed by atoms with van der Waals surface area (Å²) < 4.78 is 39.4. The second-order valence-corrected chi connectivity index (χ2v) is 9.88. The highest BCUT2D eigenvalue weighted by molar-refractivity contribution is 7.89. The number of rotatable bonds is 8. The summed E-state index contributed by atoms with van der Waals surface area (Å²) in [6, 6.07) is 9.77. The van der Waals surface area contributed by atoms with E-state index in [1.807, 2.05) is 0 Å². The number of aromatic amines is 1. The van der Waals surface area contributed by atoms with Gasteiger partial charge in [-0.3, -0.25) is 4.79 Å². The number of hydrogen-bond donors (Lipinski definition) is 3. The number of hydrogen-bond acceptors (Lipinski definition) is 4. The zero-order chi connectivity index (χ0) is 24.2. The van der Waals surface area contributed by atoms with Crippen molar-refractivity contribution in [2.75, 3.05) is 24.7 Å². The number of anilines is 1. The van der Waals surface area contributed by atoms with E-state index in [2.05, 4.69) is 15.0 Å². The maximum Gasteiger partial charge on any atom is 0.322 e. The van der Waals surface area contributed by atoms with E-state index in [1.54, 1.807) is 37.4 Å². The maximum absolute atomic E-state index is 13.5. The van der Waals surface area contributed by atoms with E-state index in [0.29, 0.717) is 16.3 Å². The van der Waals surface area contributed by atoms with Crippen LogP contribution >= 0.6 is 11.6 Å². The summed E-state index contributed by atoms with van der Waals surface area (Å²) in [5.41, 5.74) is 0.727. The largest absolute Gasteiger partial charge is 0.328 e. The van der Waals surface area contributed by atoms with Crippen LogP contribution in [0.3, 0.4) is 0 Å². The predicted octanol–water partition coefficient (Wildman–Crippen LogP) is 3.86. The fourth-order valence-corrected chi connectivity index (χ4v) is 4.41. The van der Waals surface area contributed by atoms with Crippen LogP contribution in [-0.2, 0) is 10.0 Å². The second kappa shape index (κ2) is 10.3. The lowest BCUT2D eigenvalue weighted by molar-refractivity contribution is 0.193. The Balaban J connectivity index is 1.93. The average Bonchev–Trinajstić information content (AvgIpc) is 2.79. The lowest BCUT2D eigenvalue weighted by atomic mass is 10.0. The van der Waals surface area contributed by atoms with E-state index in [-0.39, 0.29) is 35.0 Å². The van der Waals surface area contributed by atoms with Gasteiger partial charge < -0.3 is 15.2 Å². The molecular weight excluding hydrogens is 471 g/mol. The molecule has 3 N–H and O–H groups in total. The molecule has 176 valence electrons. The minimum absolute atomic E-state index is 0.107. The van der Waals surface area contributed by atoms with Crippen LogP contribution in [0.5, 0.6) is 0 Å². The summed E-state index contributed by atoms with van der Waals surface area (Å²) in [6.07, 6.45) is 1.72. The van der Waals surface area contributed by atoms with Gasteiger partial charge in [0, 0.05) is 23.8 Å². The van der Waals surface area contributed by atoms with Crippen LogP contribution < -0.4 is 15.6 Å². The Morgan fingerprint density at radius 1 is 1.21 bits per heavy atom. The van der Waals surface area contributed by atoms with Crippen molar-refractivity contribution in [2.24, 2.45) is 0 Å². The summed E-state index contributed by atoms with van der Waals surface area (Å²) in [6.45, 7) is 1.89. The topological polar surface area (TPSA) is 111 Å². The molecule has 0 saturated heterocycles. The Bertz CT molecular complexity index is 1330. The van der Waals surface area contributed by atoms with Crippen LogP contribution in [0.2, 0.25) is 5.02 Å². The zero-order valence-electron chi connectivity index (χ0n) is 18.1. The number of halogens is 2. The Hall–Kier alpha value is -2.95. The molecule has 0 bridgehead atoms. The fourth-order valence-electron chi connectivity index (χ4n) is 3.51. The number of pyridine rings is 1. The van der Waals surface area contributed by atoms with Gasteiger partial charge >= 0.3 is 6.03 Å². The molecule has 0 unspecified atom stereocenters. The molecule has 0 fully saturated rings. The molecule has 3 rings (SSSR count). The van der Waals surface area contributed by atoms with Crippen molar-refractivity contribution >= 4 is 44.1 Å². The third-order valence-corrected chi connectivity index (χ3v) is 7.05. The average molecular weight is 495 g/mol. The van der Waals surface area contributed by atoms with Crippen molar-refractivity contribution < 1.29 is 17.6 Å². The predicted molar refractivity (Wildman–Crippen MR) is 128 cm³/mol. The fraction of sp³-hybridized carbons (Fsp3) is 0.273. The van der Waals surface area contributed by atoms with Crippen LogP contribution in [0, 0.1) is 5.82 Å².